The molecule has 0 bridgehead atoms. The highest BCUT2D eigenvalue weighted by atomic mass is 32.2. The van der Waals surface area contributed by atoms with Crippen molar-refractivity contribution < 1.29 is 12.8 Å². The molecule has 94 valence electrons. The highest BCUT2D eigenvalue weighted by Gasteiger charge is 2.18. The highest BCUT2D eigenvalue weighted by Crippen LogP contribution is 2.19. The van der Waals surface area contributed by atoms with Crippen LogP contribution in [0.25, 0.3) is 0 Å². The van der Waals surface area contributed by atoms with Crippen LogP contribution >= 0.6 is 0 Å². The molecule has 1 aromatic carbocycles. The molecule has 1 unspecified atom stereocenters. The molecule has 1 fully saturated rings. The third-order valence-electron chi connectivity index (χ3n) is 3.04. The number of halogens is 1. The molecular formula is C12H16FNO2S. The van der Waals surface area contributed by atoms with Crippen molar-refractivity contribution in [3.05, 3.63) is 29.6 Å². The highest BCUT2D eigenvalue weighted by molar-refractivity contribution is 7.90. The predicted octanol–water partition coefficient (Wildman–Crippen LogP) is 1.52. The first kappa shape index (κ1) is 12.5. The summed E-state index contributed by atoms with van der Waals surface area (Å²) in [5.41, 5.74) is 0.867. The van der Waals surface area contributed by atoms with Gasteiger partial charge in [-0.15, -0.1) is 0 Å². The standard InChI is InChI=1S/C12H16FNO2S/c1-17(15,16)12-8-9(4-5-11(12)13)7-10-3-2-6-14-10/h4-5,8,10,14H,2-3,6-7H2,1H3. The van der Waals surface area contributed by atoms with Crippen LogP contribution in [0, 0.1) is 5.82 Å². The number of nitrogens with one attached hydrogen (secondary N) is 1. The van der Waals surface area contributed by atoms with Crippen LogP contribution in [-0.2, 0) is 16.3 Å². The van der Waals surface area contributed by atoms with Gasteiger partial charge in [0.05, 0.1) is 0 Å². The minimum absolute atomic E-state index is 0.201. The molecule has 3 nitrogen and oxygen atoms in total. The zero-order valence-electron chi connectivity index (χ0n) is 9.74. The SMILES string of the molecule is CS(=O)(=O)c1cc(CC2CCCN2)ccc1F. The number of rotatable bonds is 3. The Morgan fingerprint density at radius 3 is 2.82 bits per heavy atom. The van der Waals surface area contributed by atoms with Crippen LogP contribution in [-0.4, -0.2) is 27.3 Å². The van der Waals surface area contributed by atoms with Gasteiger partial charge in [-0.3, -0.25) is 0 Å². The van der Waals surface area contributed by atoms with Crippen LogP contribution in [0.2, 0.25) is 0 Å². The van der Waals surface area contributed by atoms with Gasteiger partial charge < -0.3 is 5.32 Å². The molecule has 1 aromatic rings. The zero-order chi connectivity index (χ0) is 12.5. The van der Waals surface area contributed by atoms with Crippen LogP contribution in [0.1, 0.15) is 18.4 Å². The summed E-state index contributed by atoms with van der Waals surface area (Å²) >= 11 is 0. The van der Waals surface area contributed by atoms with Gasteiger partial charge in [0.2, 0.25) is 0 Å². The zero-order valence-corrected chi connectivity index (χ0v) is 10.6. The molecule has 0 spiro atoms. The first-order valence-corrected chi connectivity index (χ1v) is 7.58. The van der Waals surface area contributed by atoms with Crippen molar-refractivity contribution in [2.75, 3.05) is 12.8 Å². The van der Waals surface area contributed by atoms with Gasteiger partial charge >= 0.3 is 0 Å². The molecule has 0 aromatic heterocycles. The molecule has 0 saturated carbocycles. The second-order valence-corrected chi connectivity index (χ2v) is 6.52. The monoisotopic (exact) mass is 257 g/mol. The molecule has 2 rings (SSSR count). The van der Waals surface area contributed by atoms with Crippen LogP contribution < -0.4 is 5.32 Å². The molecule has 1 atom stereocenters. The van der Waals surface area contributed by atoms with Crippen molar-refractivity contribution >= 4 is 9.84 Å². The van der Waals surface area contributed by atoms with E-state index in [1.165, 1.54) is 12.1 Å². The molecule has 17 heavy (non-hydrogen) atoms. The Hall–Kier alpha value is -0.940. The summed E-state index contributed by atoms with van der Waals surface area (Å²) in [4.78, 5) is -0.201. The van der Waals surface area contributed by atoms with Crippen molar-refractivity contribution in [1.29, 1.82) is 0 Å². The van der Waals surface area contributed by atoms with E-state index >= 15 is 0 Å². The molecule has 1 aliphatic heterocycles. The lowest BCUT2D eigenvalue weighted by atomic mass is 10.0. The average Bonchev–Trinajstić information content (AvgIpc) is 2.72. The Labute approximate surface area is 101 Å². The summed E-state index contributed by atoms with van der Waals surface area (Å²) in [5, 5.41) is 3.33. The summed E-state index contributed by atoms with van der Waals surface area (Å²) in [6, 6.07) is 4.72. The number of hydrogen-bond acceptors (Lipinski definition) is 3. The van der Waals surface area contributed by atoms with Crippen molar-refractivity contribution in [2.45, 2.75) is 30.2 Å². The normalized spacial score (nSPS) is 20.7. The van der Waals surface area contributed by atoms with Gasteiger partial charge in [0.1, 0.15) is 10.7 Å². The first-order chi connectivity index (χ1) is 7.97. The molecule has 0 aliphatic carbocycles. The Morgan fingerprint density at radius 1 is 1.47 bits per heavy atom. The molecule has 1 heterocycles. The van der Waals surface area contributed by atoms with E-state index in [1.54, 1.807) is 6.07 Å². The second-order valence-electron chi connectivity index (χ2n) is 4.53. The third kappa shape index (κ3) is 3.04. The molecule has 1 N–H and O–H groups in total. The quantitative estimate of drug-likeness (QED) is 0.893. The Balaban J connectivity index is 2.24. The van der Waals surface area contributed by atoms with E-state index in [1.807, 2.05) is 0 Å². The largest absolute Gasteiger partial charge is 0.314 e. The Kier molecular flexibility index (Phi) is 3.49. The molecule has 1 saturated heterocycles. The fourth-order valence-electron chi connectivity index (χ4n) is 2.17. The maximum absolute atomic E-state index is 13.4. The maximum atomic E-state index is 13.4. The van der Waals surface area contributed by atoms with E-state index in [-0.39, 0.29) is 4.90 Å². The summed E-state index contributed by atoms with van der Waals surface area (Å²) in [5.74, 6) is -0.671. The van der Waals surface area contributed by atoms with E-state index in [0.717, 1.165) is 37.6 Å². The van der Waals surface area contributed by atoms with E-state index < -0.39 is 15.7 Å². The van der Waals surface area contributed by atoms with Gasteiger partial charge in [0, 0.05) is 12.3 Å². The van der Waals surface area contributed by atoms with Crippen LogP contribution in [0.5, 0.6) is 0 Å². The second kappa shape index (κ2) is 4.74. The van der Waals surface area contributed by atoms with E-state index in [4.69, 9.17) is 0 Å². The molecule has 1 aliphatic rings. The van der Waals surface area contributed by atoms with Crippen molar-refractivity contribution in [3.8, 4) is 0 Å². The summed E-state index contributed by atoms with van der Waals surface area (Å²) in [6.45, 7) is 1.00. The smallest absolute Gasteiger partial charge is 0.178 e. The lowest BCUT2D eigenvalue weighted by Crippen LogP contribution is -2.23. The van der Waals surface area contributed by atoms with Gasteiger partial charge in [0.15, 0.2) is 9.84 Å². The third-order valence-corrected chi connectivity index (χ3v) is 4.15. The summed E-state index contributed by atoms with van der Waals surface area (Å²) in [6.07, 6.45) is 4.02. The van der Waals surface area contributed by atoms with E-state index in [0.29, 0.717) is 6.04 Å². The van der Waals surface area contributed by atoms with Crippen LogP contribution in [0.3, 0.4) is 0 Å². The van der Waals surface area contributed by atoms with Crippen molar-refractivity contribution in [1.82, 2.24) is 5.32 Å². The average molecular weight is 257 g/mol. The summed E-state index contributed by atoms with van der Waals surface area (Å²) < 4.78 is 36.2. The maximum Gasteiger partial charge on any atom is 0.178 e. The molecule has 5 heteroatoms. The minimum atomic E-state index is -3.49. The van der Waals surface area contributed by atoms with Gasteiger partial charge in [-0.25, -0.2) is 12.8 Å². The Bertz CT molecular complexity index is 507. The van der Waals surface area contributed by atoms with Crippen LogP contribution in [0.15, 0.2) is 23.1 Å². The fourth-order valence-corrected chi connectivity index (χ4v) is 2.96. The lowest BCUT2D eigenvalue weighted by molar-refractivity contribution is 0.565. The van der Waals surface area contributed by atoms with E-state index in [9.17, 15) is 12.8 Å². The molecule has 0 amide bonds. The number of sulfone groups is 1. The van der Waals surface area contributed by atoms with Gasteiger partial charge in [-0.2, -0.15) is 0 Å². The number of benzene rings is 1. The van der Waals surface area contributed by atoms with Crippen molar-refractivity contribution in [3.63, 3.8) is 0 Å². The fraction of sp³-hybridized carbons (Fsp3) is 0.500. The summed E-state index contributed by atoms with van der Waals surface area (Å²) in [7, 11) is -3.49. The first-order valence-electron chi connectivity index (χ1n) is 5.69. The predicted molar refractivity (Wildman–Crippen MR) is 64.2 cm³/mol. The topological polar surface area (TPSA) is 46.2 Å². The molecular weight excluding hydrogens is 241 g/mol. The number of hydrogen-bond donors (Lipinski definition) is 1. The van der Waals surface area contributed by atoms with Gasteiger partial charge in [-0.1, -0.05) is 6.07 Å². The lowest BCUT2D eigenvalue weighted by Gasteiger charge is -2.11. The molecule has 0 radical (unpaired) electrons. The van der Waals surface area contributed by atoms with E-state index in [2.05, 4.69) is 5.32 Å². The van der Waals surface area contributed by atoms with Gasteiger partial charge in [0.25, 0.3) is 0 Å². The van der Waals surface area contributed by atoms with Crippen LogP contribution in [0.4, 0.5) is 4.39 Å². The van der Waals surface area contributed by atoms with Crippen molar-refractivity contribution in [2.24, 2.45) is 0 Å². The van der Waals surface area contributed by atoms with Gasteiger partial charge in [-0.05, 0) is 43.5 Å². The minimum Gasteiger partial charge on any atom is -0.314 e. The Morgan fingerprint density at radius 2 is 2.24 bits per heavy atom.